The number of ether oxygens (including phenoxy) is 2. The van der Waals surface area contributed by atoms with E-state index in [1.165, 1.54) is 141 Å². The fourth-order valence-electron chi connectivity index (χ4n) is 6.24. The van der Waals surface area contributed by atoms with E-state index in [2.05, 4.69) is 50.3 Å². The summed E-state index contributed by atoms with van der Waals surface area (Å²) in [6, 6.07) is 0. The van der Waals surface area contributed by atoms with Gasteiger partial charge in [-0.1, -0.05) is 185 Å². The van der Waals surface area contributed by atoms with Crippen molar-refractivity contribution in [3.63, 3.8) is 0 Å². The van der Waals surface area contributed by atoms with E-state index in [1.54, 1.807) is 0 Å². The number of phosphoric acid groups is 1. The van der Waals surface area contributed by atoms with Gasteiger partial charge in [-0.15, -0.1) is 0 Å². The summed E-state index contributed by atoms with van der Waals surface area (Å²) in [6.45, 7) is 4.90. The fraction of sp³-hybridized carbons (Fsp3) is 0.844. The Hall–Kier alpha value is -1.28. The highest BCUT2D eigenvalue weighted by atomic mass is 31.2. The normalized spacial score (nSPS) is 13.8. The van der Waals surface area contributed by atoms with Crippen molar-refractivity contribution in [3.8, 4) is 0 Å². The summed E-state index contributed by atoms with van der Waals surface area (Å²) >= 11 is 0. The Labute approximate surface area is 333 Å². The number of unbranched alkanes of at least 4 members (excludes halogenated alkanes) is 24. The summed E-state index contributed by atoms with van der Waals surface area (Å²) in [4.78, 5) is 22.4. The highest BCUT2D eigenvalue weighted by Gasteiger charge is 2.25. The maximum atomic E-state index is 12.5. The second-order valence-corrected chi connectivity index (χ2v) is 16.4. The van der Waals surface area contributed by atoms with Crippen molar-refractivity contribution in [2.75, 3.05) is 33.0 Å². The summed E-state index contributed by atoms with van der Waals surface area (Å²) in [5.41, 5.74) is 5.36. The van der Waals surface area contributed by atoms with Crippen LogP contribution in [0.15, 0.2) is 36.5 Å². The number of rotatable bonds is 43. The summed E-state index contributed by atoms with van der Waals surface area (Å²) in [6.07, 6.45) is 48.8. The summed E-state index contributed by atoms with van der Waals surface area (Å²) in [5, 5.41) is 0. The lowest BCUT2D eigenvalue weighted by Crippen LogP contribution is -2.28. The van der Waals surface area contributed by atoms with E-state index in [-0.39, 0.29) is 32.3 Å². The third-order valence-corrected chi connectivity index (χ3v) is 10.5. The SMILES string of the molecule is CCCCCCC/C=C\C/C=C\C/C=C\CCCCCCCCCCCOCC(COP(=O)(O)OCCN)OC(=O)CCCCCCCCCCCCC. The number of hydrogen-bond donors (Lipinski definition) is 2. The Balaban J connectivity index is 3.94. The zero-order valence-corrected chi connectivity index (χ0v) is 36.1. The zero-order chi connectivity index (χ0) is 39.5. The predicted octanol–water partition coefficient (Wildman–Crippen LogP) is 13.4. The zero-order valence-electron chi connectivity index (χ0n) is 35.2. The second-order valence-electron chi connectivity index (χ2n) is 14.9. The van der Waals surface area contributed by atoms with Gasteiger partial charge in [0.25, 0.3) is 0 Å². The van der Waals surface area contributed by atoms with Crippen LogP contribution in [0.4, 0.5) is 0 Å². The lowest BCUT2D eigenvalue weighted by Gasteiger charge is -2.20. The molecular formula is C45H86NO7P. The number of carbonyl (C=O) groups excluding carboxylic acids is 1. The number of phosphoric ester groups is 1. The molecule has 0 saturated carbocycles. The molecule has 0 spiro atoms. The first kappa shape index (κ1) is 52.7. The Morgan fingerprint density at radius 3 is 1.46 bits per heavy atom. The summed E-state index contributed by atoms with van der Waals surface area (Å²) in [5.74, 6) is -0.333. The van der Waals surface area contributed by atoms with Crippen LogP contribution in [0.25, 0.3) is 0 Å². The second kappa shape index (κ2) is 42.9. The average molecular weight is 784 g/mol. The first-order valence-corrected chi connectivity index (χ1v) is 24.0. The first-order chi connectivity index (χ1) is 26.4. The van der Waals surface area contributed by atoms with Crippen LogP contribution in [0.5, 0.6) is 0 Å². The van der Waals surface area contributed by atoms with Crippen LogP contribution in [0.3, 0.4) is 0 Å². The minimum Gasteiger partial charge on any atom is -0.457 e. The van der Waals surface area contributed by atoms with Gasteiger partial charge < -0.3 is 20.1 Å². The van der Waals surface area contributed by atoms with Gasteiger partial charge in [-0.3, -0.25) is 13.8 Å². The third kappa shape index (κ3) is 41.9. The molecule has 0 radical (unpaired) electrons. The van der Waals surface area contributed by atoms with Crippen molar-refractivity contribution in [3.05, 3.63) is 36.5 Å². The van der Waals surface area contributed by atoms with Crippen LogP contribution >= 0.6 is 7.82 Å². The van der Waals surface area contributed by atoms with Crippen molar-refractivity contribution in [2.45, 2.75) is 213 Å². The van der Waals surface area contributed by atoms with Crippen LogP contribution in [0, 0.1) is 0 Å². The van der Waals surface area contributed by atoms with Crippen LogP contribution in [-0.2, 0) is 27.9 Å². The molecule has 2 atom stereocenters. The number of esters is 1. The van der Waals surface area contributed by atoms with E-state index >= 15 is 0 Å². The van der Waals surface area contributed by atoms with Crippen molar-refractivity contribution in [1.82, 2.24) is 0 Å². The van der Waals surface area contributed by atoms with E-state index in [9.17, 15) is 14.3 Å². The number of hydrogen-bond acceptors (Lipinski definition) is 7. The highest BCUT2D eigenvalue weighted by Crippen LogP contribution is 2.43. The topological polar surface area (TPSA) is 117 Å². The molecule has 9 heteroatoms. The molecule has 0 aliphatic carbocycles. The van der Waals surface area contributed by atoms with Gasteiger partial charge in [0.05, 0.1) is 19.8 Å². The van der Waals surface area contributed by atoms with E-state index < -0.39 is 13.9 Å². The number of nitrogens with two attached hydrogens (primary N) is 1. The molecule has 0 bridgehead atoms. The van der Waals surface area contributed by atoms with Crippen LogP contribution in [0.1, 0.15) is 206 Å². The largest absolute Gasteiger partial charge is 0.472 e. The molecule has 0 saturated heterocycles. The molecule has 318 valence electrons. The molecule has 2 unspecified atom stereocenters. The Kier molecular flexibility index (Phi) is 41.8. The Bertz CT molecular complexity index is 926. The van der Waals surface area contributed by atoms with Crippen molar-refractivity contribution in [2.24, 2.45) is 5.73 Å². The average Bonchev–Trinajstić information content (AvgIpc) is 3.16. The van der Waals surface area contributed by atoms with Crippen molar-refractivity contribution < 1.29 is 32.8 Å². The standard InChI is InChI=1S/C45H86NO7P/c1-3-5-7-9-11-13-15-16-17-18-19-20-21-22-23-24-25-26-27-29-31-33-35-37-40-50-42-44(43-52-54(48,49)51-41-39-46)53-45(47)38-36-34-32-30-28-14-12-10-8-6-4-2/h15-16,18-19,21-22,44H,3-14,17,20,23-43,46H2,1-2H3,(H,48,49)/b16-15-,19-18-,22-21-. The lowest BCUT2D eigenvalue weighted by atomic mass is 10.1. The monoisotopic (exact) mass is 784 g/mol. The van der Waals surface area contributed by atoms with Gasteiger partial charge >= 0.3 is 13.8 Å². The van der Waals surface area contributed by atoms with Crippen molar-refractivity contribution >= 4 is 13.8 Å². The first-order valence-electron chi connectivity index (χ1n) is 22.5. The van der Waals surface area contributed by atoms with Gasteiger partial charge in [-0.05, 0) is 51.4 Å². The molecule has 3 N–H and O–H groups in total. The van der Waals surface area contributed by atoms with Crippen LogP contribution in [0.2, 0.25) is 0 Å². The van der Waals surface area contributed by atoms with Gasteiger partial charge in [0.2, 0.25) is 0 Å². The van der Waals surface area contributed by atoms with Gasteiger partial charge in [0, 0.05) is 19.6 Å². The molecular weight excluding hydrogens is 697 g/mol. The number of carbonyl (C=O) groups is 1. The molecule has 0 heterocycles. The highest BCUT2D eigenvalue weighted by molar-refractivity contribution is 7.47. The molecule has 8 nitrogen and oxygen atoms in total. The Morgan fingerprint density at radius 1 is 0.556 bits per heavy atom. The molecule has 0 aromatic rings. The number of allylic oxidation sites excluding steroid dienone is 6. The van der Waals surface area contributed by atoms with Crippen molar-refractivity contribution in [1.29, 1.82) is 0 Å². The van der Waals surface area contributed by atoms with E-state index in [0.29, 0.717) is 13.0 Å². The molecule has 54 heavy (non-hydrogen) atoms. The third-order valence-electron chi connectivity index (χ3n) is 9.56. The fourth-order valence-corrected chi connectivity index (χ4v) is 7.00. The van der Waals surface area contributed by atoms with Gasteiger partial charge in [0.1, 0.15) is 6.10 Å². The molecule has 0 aliphatic rings. The molecule has 0 fully saturated rings. The summed E-state index contributed by atoms with van der Waals surface area (Å²) in [7, 11) is -4.27. The quantitative estimate of drug-likeness (QED) is 0.0272. The van der Waals surface area contributed by atoms with E-state index in [4.69, 9.17) is 24.3 Å². The smallest absolute Gasteiger partial charge is 0.457 e. The van der Waals surface area contributed by atoms with E-state index in [1.807, 2.05) is 0 Å². The minimum absolute atomic E-state index is 0.0957. The Morgan fingerprint density at radius 2 is 0.981 bits per heavy atom. The maximum Gasteiger partial charge on any atom is 0.472 e. The molecule has 0 aromatic carbocycles. The predicted molar refractivity (Wildman–Crippen MR) is 229 cm³/mol. The lowest BCUT2D eigenvalue weighted by molar-refractivity contribution is -0.154. The molecule has 0 aliphatic heterocycles. The van der Waals surface area contributed by atoms with Crippen LogP contribution in [-0.4, -0.2) is 49.9 Å². The summed E-state index contributed by atoms with van der Waals surface area (Å²) < 4.78 is 33.4. The molecule has 0 aromatic heterocycles. The van der Waals surface area contributed by atoms with Gasteiger partial charge in [0.15, 0.2) is 0 Å². The van der Waals surface area contributed by atoms with Gasteiger partial charge in [-0.25, -0.2) is 4.57 Å². The maximum absolute atomic E-state index is 12.5. The van der Waals surface area contributed by atoms with Crippen LogP contribution < -0.4 is 5.73 Å². The molecule has 0 rings (SSSR count). The molecule has 0 amide bonds. The minimum atomic E-state index is -4.27. The van der Waals surface area contributed by atoms with E-state index in [0.717, 1.165) is 44.9 Å². The van der Waals surface area contributed by atoms with Gasteiger partial charge in [-0.2, -0.15) is 0 Å².